The van der Waals surface area contributed by atoms with E-state index in [9.17, 15) is 13.2 Å². The Kier molecular flexibility index (Phi) is 4.91. The molecule has 1 aliphatic rings. The molecule has 25 heavy (non-hydrogen) atoms. The second-order valence-corrected chi connectivity index (χ2v) is 8.17. The number of nitrogens with zero attached hydrogens (tertiary/aromatic N) is 2. The number of amides is 1. The minimum Gasteiger partial charge on any atom is -0.351 e. The van der Waals surface area contributed by atoms with Crippen LogP contribution in [-0.2, 0) is 10.0 Å². The molecule has 2 heterocycles. The summed E-state index contributed by atoms with van der Waals surface area (Å²) in [4.78, 5) is 12.4. The van der Waals surface area contributed by atoms with Crippen molar-refractivity contribution in [1.82, 2.24) is 9.46 Å². The van der Waals surface area contributed by atoms with Crippen molar-refractivity contribution in [2.45, 2.75) is 38.0 Å². The molecule has 1 amide bonds. The monoisotopic (exact) mass is 363 g/mol. The van der Waals surface area contributed by atoms with Crippen LogP contribution in [0.25, 0.3) is 0 Å². The van der Waals surface area contributed by atoms with Gasteiger partial charge in [-0.05, 0) is 44.4 Å². The largest absolute Gasteiger partial charge is 0.351 e. The van der Waals surface area contributed by atoms with Gasteiger partial charge < -0.3 is 9.84 Å². The van der Waals surface area contributed by atoms with Gasteiger partial charge in [-0.2, -0.15) is 4.31 Å². The number of aryl methyl sites for hydroxylation is 2. The average Bonchev–Trinajstić information content (AvgIpc) is 3.04. The second kappa shape index (κ2) is 6.97. The summed E-state index contributed by atoms with van der Waals surface area (Å²) in [6, 6.07) is 6.30. The fourth-order valence-electron chi connectivity index (χ4n) is 2.81. The molecule has 134 valence electrons. The highest BCUT2D eigenvalue weighted by Gasteiger charge is 2.26. The number of rotatable bonds is 4. The third-order valence-electron chi connectivity index (χ3n) is 4.26. The Hall–Kier alpha value is -2.19. The SMILES string of the molecule is Cc1cc(C(=O)Nc2cc(S(=O)(=O)N3CCCCC3)ccc2C)on1. The zero-order valence-electron chi connectivity index (χ0n) is 14.3. The van der Waals surface area contributed by atoms with Crippen LogP contribution in [0.2, 0.25) is 0 Å². The molecule has 1 N–H and O–H groups in total. The highest BCUT2D eigenvalue weighted by Crippen LogP contribution is 2.25. The molecule has 1 aromatic carbocycles. The normalized spacial score (nSPS) is 15.9. The molecule has 8 heteroatoms. The van der Waals surface area contributed by atoms with Crippen LogP contribution >= 0.6 is 0 Å². The third kappa shape index (κ3) is 3.74. The van der Waals surface area contributed by atoms with E-state index < -0.39 is 15.9 Å². The number of nitrogens with one attached hydrogen (secondary N) is 1. The van der Waals surface area contributed by atoms with Crippen LogP contribution in [0.4, 0.5) is 5.69 Å². The van der Waals surface area contributed by atoms with Gasteiger partial charge in [0.1, 0.15) is 0 Å². The summed E-state index contributed by atoms with van der Waals surface area (Å²) in [5.74, 6) is -0.377. The fraction of sp³-hybridized carbons (Fsp3) is 0.412. The lowest BCUT2D eigenvalue weighted by Crippen LogP contribution is -2.35. The highest BCUT2D eigenvalue weighted by molar-refractivity contribution is 7.89. The van der Waals surface area contributed by atoms with Gasteiger partial charge in [-0.15, -0.1) is 0 Å². The number of aromatic nitrogens is 1. The number of hydrogen-bond donors (Lipinski definition) is 1. The third-order valence-corrected chi connectivity index (χ3v) is 6.16. The molecule has 2 aromatic rings. The Balaban J connectivity index is 1.86. The maximum Gasteiger partial charge on any atom is 0.294 e. The summed E-state index contributed by atoms with van der Waals surface area (Å²) in [5, 5.41) is 6.38. The average molecular weight is 363 g/mol. The number of hydrogen-bond acceptors (Lipinski definition) is 5. The van der Waals surface area contributed by atoms with E-state index in [0.717, 1.165) is 24.8 Å². The van der Waals surface area contributed by atoms with Gasteiger partial charge in [0.15, 0.2) is 0 Å². The molecule has 1 saturated heterocycles. The van der Waals surface area contributed by atoms with Gasteiger partial charge in [0.2, 0.25) is 15.8 Å². The molecule has 0 aliphatic carbocycles. The first-order valence-electron chi connectivity index (χ1n) is 8.23. The zero-order valence-corrected chi connectivity index (χ0v) is 15.1. The molecule has 0 saturated carbocycles. The minimum absolute atomic E-state index is 0.0844. The quantitative estimate of drug-likeness (QED) is 0.901. The van der Waals surface area contributed by atoms with Crippen LogP contribution in [0, 0.1) is 13.8 Å². The molecule has 3 rings (SSSR count). The van der Waals surface area contributed by atoms with Crippen molar-refractivity contribution in [1.29, 1.82) is 0 Å². The van der Waals surface area contributed by atoms with Crippen LogP contribution in [-0.4, -0.2) is 36.9 Å². The molecule has 1 fully saturated rings. The number of carbonyl (C=O) groups is 1. The number of sulfonamides is 1. The first-order chi connectivity index (χ1) is 11.9. The Morgan fingerprint density at radius 1 is 1.16 bits per heavy atom. The maximum absolute atomic E-state index is 12.8. The molecule has 7 nitrogen and oxygen atoms in total. The van der Waals surface area contributed by atoms with E-state index in [1.54, 1.807) is 26.0 Å². The summed E-state index contributed by atoms with van der Waals surface area (Å²) < 4.78 is 32.0. The molecular formula is C17H21N3O4S. The Morgan fingerprint density at radius 3 is 2.52 bits per heavy atom. The van der Waals surface area contributed by atoms with Gasteiger partial charge in [0, 0.05) is 24.8 Å². The standard InChI is InChI=1S/C17H21N3O4S/c1-12-6-7-14(25(22,23)20-8-4-3-5-9-20)11-15(12)18-17(21)16-10-13(2)19-24-16/h6-7,10-11H,3-5,8-9H2,1-2H3,(H,18,21). The first kappa shape index (κ1) is 17.6. The van der Waals surface area contributed by atoms with Crippen molar-refractivity contribution in [3.63, 3.8) is 0 Å². The van der Waals surface area contributed by atoms with Gasteiger partial charge in [-0.3, -0.25) is 4.79 Å². The van der Waals surface area contributed by atoms with E-state index in [1.165, 1.54) is 16.4 Å². The second-order valence-electron chi connectivity index (χ2n) is 6.23. The van der Waals surface area contributed by atoms with Crippen LogP contribution in [0.15, 0.2) is 33.7 Å². The van der Waals surface area contributed by atoms with E-state index in [-0.39, 0.29) is 10.7 Å². The minimum atomic E-state index is -3.55. The van der Waals surface area contributed by atoms with Gasteiger partial charge in [0.25, 0.3) is 5.91 Å². The van der Waals surface area contributed by atoms with E-state index in [4.69, 9.17) is 4.52 Å². The Morgan fingerprint density at radius 2 is 1.88 bits per heavy atom. The molecule has 0 radical (unpaired) electrons. The predicted octanol–water partition coefficient (Wildman–Crippen LogP) is 2.72. The highest BCUT2D eigenvalue weighted by atomic mass is 32.2. The first-order valence-corrected chi connectivity index (χ1v) is 9.67. The van der Waals surface area contributed by atoms with Gasteiger partial charge in [-0.1, -0.05) is 17.6 Å². The van der Waals surface area contributed by atoms with Crippen molar-refractivity contribution in [3.05, 3.63) is 41.3 Å². The summed E-state index contributed by atoms with van der Waals surface area (Å²) >= 11 is 0. The summed E-state index contributed by atoms with van der Waals surface area (Å²) in [6.45, 7) is 4.60. The van der Waals surface area contributed by atoms with Crippen LogP contribution in [0.3, 0.4) is 0 Å². The van der Waals surface area contributed by atoms with E-state index >= 15 is 0 Å². The molecule has 0 unspecified atom stereocenters. The van der Waals surface area contributed by atoms with Gasteiger partial charge in [0.05, 0.1) is 10.6 Å². The van der Waals surface area contributed by atoms with Crippen molar-refractivity contribution < 1.29 is 17.7 Å². The summed E-state index contributed by atoms with van der Waals surface area (Å²) in [5.41, 5.74) is 1.81. The van der Waals surface area contributed by atoms with Crippen LogP contribution < -0.4 is 5.32 Å². The van der Waals surface area contributed by atoms with E-state index in [0.29, 0.717) is 24.5 Å². The lowest BCUT2D eigenvalue weighted by Gasteiger charge is -2.26. The predicted molar refractivity (Wildman–Crippen MR) is 93.0 cm³/mol. The van der Waals surface area contributed by atoms with E-state index in [1.807, 2.05) is 0 Å². The number of benzene rings is 1. The van der Waals surface area contributed by atoms with Crippen LogP contribution in [0.5, 0.6) is 0 Å². The molecular weight excluding hydrogens is 342 g/mol. The molecule has 0 atom stereocenters. The van der Waals surface area contributed by atoms with Crippen molar-refractivity contribution >= 4 is 21.6 Å². The Bertz CT molecular complexity index is 883. The Labute approximate surface area is 147 Å². The number of anilines is 1. The smallest absolute Gasteiger partial charge is 0.294 e. The fourth-order valence-corrected chi connectivity index (χ4v) is 4.35. The molecule has 0 bridgehead atoms. The lowest BCUT2D eigenvalue weighted by molar-refractivity contribution is 0.0987. The maximum atomic E-state index is 12.8. The zero-order chi connectivity index (χ0) is 18.0. The summed E-state index contributed by atoms with van der Waals surface area (Å²) in [7, 11) is -3.55. The topological polar surface area (TPSA) is 92.5 Å². The van der Waals surface area contributed by atoms with Gasteiger partial charge in [-0.25, -0.2) is 8.42 Å². The molecule has 0 spiro atoms. The van der Waals surface area contributed by atoms with Crippen molar-refractivity contribution in [2.24, 2.45) is 0 Å². The lowest BCUT2D eigenvalue weighted by atomic mass is 10.2. The van der Waals surface area contributed by atoms with Gasteiger partial charge >= 0.3 is 0 Å². The van der Waals surface area contributed by atoms with Crippen molar-refractivity contribution in [2.75, 3.05) is 18.4 Å². The van der Waals surface area contributed by atoms with Crippen LogP contribution in [0.1, 0.15) is 41.1 Å². The number of carbonyl (C=O) groups excluding carboxylic acids is 1. The molecule has 1 aliphatic heterocycles. The number of piperidine rings is 1. The van der Waals surface area contributed by atoms with E-state index in [2.05, 4.69) is 10.5 Å². The summed E-state index contributed by atoms with van der Waals surface area (Å²) in [6.07, 6.45) is 2.80. The molecule has 1 aromatic heterocycles. The van der Waals surface area contributed by atoms with Crippen molar-refractivity contribution in [3.8, 4) is 0 Å².